The highest BCUT2D eigenvalue weighted by Gasteiger charge is 2.13. The lowest BCUT2D eigenvalue weighted by atomic mass is 10.1. The number of hydrogen-bond donors (Lipinski definition) is 4. The maximum atomic E-state index is 11.8. The van der Waals surface area contributed by atoms with Crippen molar-refractivity contribution in [2.75, 3.05) is 7.11 Å². The molecule has 0 spiro atoms. The van der Waals surface area contributed by atoms with Gasteiger partial charge in [0, 0.05) is 16.6 Å². The fraction of sp³-hybridized carbons (Fsp3) is 0.231. The number of H-pyrrole nitrogens is 1. The summed E-state index contributed by atoms with van der Waals surface area (Å²) in [5, 5.41) is 4.43. The minimum atomic E-state index is -0.287. The zero-order chi connectivity index (χ0) is 14.7. The van der Waals surface area contributed by atoms with Crippen LogP contribution < -0.4 is 21.6 Å². The second kappa shape index (κ2) is 5.52. The number of benzene rings is 1. The second-order valence-electron chi connectivity index (χ2n) is 4.39. The van der Waals surface area contributed by atoms with E-state index in [-0.39, 0.29) is 18.3 Å². The molecule has 2 rings (SSSR count). The van der Waals surface area contributed by atoms with Crippen LogP contribution in [0.15, 0.2) is 23.3 Å². The van der Waals surface area contributed by atoms with Crippen molar-refractivity contribution in [3.8, 4) is 5.75 Å². The Morgan fingerprint density at radius 2 is 2.20 bits per heavy atom. The molecule has 0 atom stereocenters. The number of carbonyl (C=O) groups is 1. The number of carbonyl (C=O) groups excluding carboxylic acids is 1. The van der Waals surface area contributed by atoms with Gasteiger partial charge in [-0.3, -0.25) is 4.79 Å². The first-order chi connectivity index (χ1) is 9.51. The van der Waals surface area contributed by atoms with Crippen LogP contribution in [-0.2, 0) is 11.2 Å². The van der Waals surface area contributed by atoms with Gasteiger partial charge in [-0.1, -0.05) is 0 Å². The third-order valence-electron chi connectivity index (χ3n) is 2.97. The molecular weight excluding hydrogens is 258 g/mol. The Hall–Kier alpha value is -2.70. The maximum Gasteiger partial charge on any atom is 0.244 e. The van der Waals surface area contributed by atoms with Gasteiger partial charge in [-0.2, -0.15) is 0 Å². The standard InChI is InChI=1S/C13H17N5O2/c1-7-9(6-12(19)17-18-13(14)15)10-5-8(20-2)3-4-11(10)16-7/h3-5,16H,6H2,1-2H3,(H,17,19)(H4,14,15,18). The normalized spacial score (nSPS) is 10.3. The summed E-state index contributed by atoms with van der Waals surface area (Å²) < 4.78 is 5.20. The average molecular weight is 275 g/mol. The molecule has 20 heavy (non-hydrogen) atoms. The van der Waals surface area contributed by atoms with Crippen molar-refractivity contribution in [3.63, 3.8) is 0 Å². The number of aromatic amines is 1. The number of hydrazone groups is 1. The molecule has 1 amide bonds. The number of fused-ring (bicyclic) bond motifs is 1. The van der Waals surface area contributed by atoms with Gasteiger partial charge in [0.15, 0.2) is 0 Å². The molecule has 0 radical (unpaired) electrons. The number of ether oxygens (including phenoxy) is 1. The number of aromatic nitrogens is 1. The number of nitrogens with two attached hydrogens (primary N) is 2. The molecule has 0 fully saturated rings. The van der Waals surface area contributed by atoms with Gasteiger partial charge in [0.2, 0.25) is 11.9 Å². The summed E-state index contributed by atoms with van der Waals surface area (Å²) >= 11 is 0. The van der Waals surface area contributed by atoms with E-state index in [0.717, 1.165) is 27.9 Å². The number of nitrogens with one attached hydrogen (secondary N) is 2. The van der Waals surface area contributed by atoms with Crippen molar-refractivity contribution in [3.05, 3.63) is 29.5 Å². The smallest absolute Gasteiger partial charge is 0.244 e. The summed E-state index contributed by atoms with van der Waals surface area (Å²) in [5.41, 5.74) is 15.4. The molecule has 2 aromatic rings. The zero-order valence-electron chi connectivity index (χ0n) is 11.4. The van der Waals surface area contributed by atoms with E-state index >= 15 is 0 Å². The Labute approximate surface area is 116 Å². The van der Waals surface area contributed by atoms with Crippen LogP contribution in [0.2, 0.25) is 0 Å². The molecule has 0 unspecified atom stereocenters. The summed E-state index contributed by atoms with van der Waals surface area (Å²) in [6, 6.07) is 5.67. The molecule has 0 bridgehead atoms. The third-order valence-corrected chi connectivity index (χ3v) is 2.97. The average Bonchev–Trinajstić information content (AvgIpc) is 2.72. The van der Waals surface area contributed by atoms with Crippen LogP contribution in [0.4, 0.5) is 0 Å². The Balaban J connectivity index is 2.31. The van der Waals surface area contributed by atoms with Crippen molar-refractivity contribution < 1.29 is 9.53 Å². The number of aryl methyl sites for hydroxylation is 1. The maximum absolute atomic E-state index is 11.8. The second-order valence-corrected chi connectivity index (χ2v) is 4.39. The number of rotatable bonds is 4. The van der Waals surface area contributed by atoms with Crippen LogP contribution >= 0.6 is 0 Å². The third kappa shape index (κ3) is 2.82. The van der Waals surface area contributed by atoms with Crippen LogP contribution in [0.5, 0.6) is 5.75 Å². The van der Waals surface area contributed by atoms with E-state index in [4.69, 9.17) is 16.2 Å². The van der Waals surface area contributed by atoms with Gasteiger partial charge in [-0.05, 0) is 30.7 Å². The van der Waals surface area contributed by atoms with Crippen LogP contribution in [-0.4, -0.2) is 24.0 Å². The van der Waals surface area contributed by atoms with E-state index in [1.807, 2.05) is 25.1 Å². The van der Waals surface area contributed by atoms with E-state index < -0.39 is 0 Å². The zero-order valence-corrected chi connectivity index (χ0v) is 11.4. The lowest BCUT2D eigenvalue weighted by molar-refractivity contribution is -0.120. The molecule has 0 saturated heterocycles. The molecule has 7 nitrogen and oxygen atoms in total. The highest BCUT2D eigenvalue weighted by molar-refractivity contribution is 5.91. The first-order valence-corrected chi connectivity index (χ1v) is 6.04. The van der Waals surface area contributed by atoms with E-state index in [0.29, 0.717) is 0 Å². The SMILES string of the molecule is COc1ccc2[nH]c(C)c(CC(=O)NN=C(N)N)c2c1. The molecular formula is C13H17N5O2. The Kier molecular flexibility index (Phi) is 3.79. The van der Waals surface area contributed by atoms with Crippen molar-refractivity contribution in [1.82, 2.24) is 10.4 Å². The number of amides is 1. The van der Waals surface area contributed by atoms with E-state index in [1.54, 1.807) is 7.11 Å². The lowest BCUT2D eigenvalue weighted by Gasteiger charge is -2.03. The highest BCUT2D eigenvalue weighted by atomic mass is 16.5. The quantitative estimate of drug-likeness (QED) is 0.365. The summed E-state index contributed by atoms with van der Waals surface area (Å²) in [6.45, 7) is 1.91. The predicted octanol–water partition coefficient (Wildman–Crippen LogP) is 0.332. The Morgan fingerprint density at radius 1 is 1.45 bits per heavy atom. The summed E-state index contributed by atoms with van der Waals surface area (Å²) in [7, 11) is 1.60. The minimum Gasteiger partial charge on any atom is -0.497 e. The number of methoxy groups -OCH3 is 1. The van der Waals surface area contributed by atoms with Gasteiger partial charge in [-0.15, -0.1) is 5.10 Å². The van der Waals surface area contributed by atoms with Crippen LogP contribution in [0.3, 0.4) is 0 Å². The highest BCUT2D eigenvalue weighted by Crippen LogP contribution is 2.26. The number of nitrogens with zero attached hydrogens (tertiary/aromatic N) is 1. The molecule has 0 aliphatic heterocycles. The fourth-order valence-electron chi connectivity index (χ4n) is 2.04. The lowest BCUT2D eigenvalue weighted by Crippen LogP contribution is -2.29. The van der Waals surface area contributed by atoms with Gasteiger partial charge in [0.05, 0.1) is 13.5 Å². The van der Waals surface area contributed by atoms with Gasteiger partial charge < -0.3 is 21.2 Å². The molecule has 0 saturated carbocycles. The van der Waals surface area contributed by atoms with Crippen molar-refractivity contribution in [1.29, 1.82) is 0 Å². The summed E-state index contributed by atoms with van der Waals surface area (Å²) in [6.07, 6.45) is 0.176. The number of hydrogen-bond acceptors (Lipinski definition) is 3. The van der Waals surface area contributed by atoms with Crippen LogP contribution in [0, 0.1) is 6.92 Å². The predicted molar refractivity (Wildman–Crippen MR) is 77.2 cm³/mol. The molecule has 1 aromatic heterocycles. The van der Waals surface area contributed by atoms with E-state index in [9.17, 15) is 4.79 Å². The van der Waals surface area contributed by atoms with Crippen LogP contribution in [0.1, 0.15) is 11.3 Å². The molecule has 106 valence electrons. The first kappa shape index (κ1) is 13.7. The van der Waals surface area contributed by atoms with Crippen molar-refractivity contribution >= 4 is 22.8 Å². The molecule has 7 heteroatoms. The molecule has 0 aliphatic carbocycles. The largest absolute Gasteiger partial charge is 0.497 e. The molecule has 6 N–H and O–H groups in total. The number of guanidine groups is 1. The van der Waals surface area contributed by atoms with Gasteiger partial charge >= 0.3 is 0 Å². The fourth-order valence-corrected chi connectivity index (χ4v) is 2.04. The van der Waals surface area contributed by atoms with Gasteiger partial charge in [0.1, 0.15) is 5.75 Å². The molecule has 0 aliphatic rings. The van der Waals surface area contributed by atoms with Gasteiger partial charge in [0.25, 0.3) is 0 Å². The topological polar surface area (TPSA) is 119 Å². The van der Waals surface area contributed by atoms with Crippen molar-refractivity contribution in [2.45, 2.75) is 13.3 Å². The van der Waals surface area contributed by atoms with Crippen molar-refractivity contribution in [2.24, 2.45) is 16.6 Å². The minimum absolute atomic E-state index is 0.176. The van der Waals surface area contributed by atoms with Gasteiger partial charge in [-0.25, -0.2) is 5.43 Å². The molecule has 1 aromatic carbocycles. The van der Waals surface area contributed by atoms with E-state index in [2.05, 4.69) is 15.5 Å². The van der Waals surface area contributed by atoms with E-state index in [1.165, 1.54) is 0 Å². The summed E-state index contributed by atoms with van der Waals surface area (Å²) in [4.78, 5) is 15.0. The van der Waals surface area contributed by atoms with Crippen LogP contribution in [0.25, 0.3) is 10.9 Å². The Bertz CT molecular complexity index is 671. The molecule has 1 heterocycles. The Morgan fingerprint density at radius 3 is 2.85 bits per heavy atom. The monoisotopic (exact) mass is 275 g/mol. The first-order valence-electron chi connectivity index (χ1n) is 6.04. The summed E-state index contributed by atoms with van der Waals surface area (Å²) in [5.74, 6) is 0.267.